The quantitative estimate of drug-likeness (QED) is 0.427. The van der Waals surface area contributed by atoms with Crippen LogP contribution < -0.4 is 10.3 Å². The average Bonchev–Trinajstić information content (AvgIpc) is 2.82. The molecule has 4 radical (unpaired) electrons. The van der Waals surface area contributed by atoms with Crippen LogP contribution in [0.1, 0.15) is 37.6 Å². The van der Waals surface area contributed by atoms with Crippen molar-refractivity contribution in [2.24, 2.45) is 0 Å². The van der Waals surface area contributed by atoms with Gasteiger partial charge >= 0.3 is 0 Å². The smallest absolute Gasteiger partial charge is 0.282 e. The highest BCUT2D eigenvalue weighted by Gasteiger charge is 2.20. The van der Waals surface area contributed by atoms with Crippen molar-refractivity contribution in [2.75, 3.05) is 7.11 Å². The minimum Gasteiger partial charge on any atom is -0.481 e. The van der Waals surface area contributed by atoms with E-state index in [2.05, 4.69) is 10.1 Å². The van der Waals surface area contributed by atoms with Crippen molar-refractivity contribution in [3.8, 4) is 22.7 Å². The van der Waals surface area contributed by atoms with Crippen molar-refractivity contribution >= 4 is 26.5 Å². The molecule has 2 aromatic heterocycles. The lowest BCUT2D eigenvalue weighted by atomic mass is 9.85. The van der Waals surface area contributed by atoms with E-state index in [1.165, 1.54) is 24.1 Å². The Balaban J connectivity index is 1.95. The van der Waals surface area contributed by atoms with Crippen molar-refractivity contribution in [3.63, 3.8) is 0 Å². The molecule has 0 bridgehead atoms. The van der Waals surface area contributed by atoms with Crippen molar-refractivity contribution in [1.29, 1.82) is 0 Å². The maximum absolute atomic E-state index is 15.1. The third kappa shape index (κ3) is 4.13. The van der Waals surface area contributed by atoms with E-state index >= 15 is 4.39 Å². The van der Waals surface area contributed by atoms with Crippen LogP contribution in [-0.2, 0) is 18.1 Å². The second-order valence-corrected chi connectivity index (χ2v) is 9.09. The Kier molecular flexibility index (Phi) is 6.34. The van der Waals surface area contributed by atoms with E-state index in [9.17, 15) is 4.79 Å². The van der Waals surface area contributed by atoms with E-state index in [1.54, 1.807) is 18.2 Å². The van der Waals surface area contributed by atoms with E-state index in [0.717, 1.165) is 16.7 Å². The van der Waals surface area contributed by atoms with Gasteiger partial charge in [0.1, 0.15) is 5.82 Å². The van der Waals surface area contributed by atoms with Gasteiger partial charge in [-0.05, 0) is 52.7 Å². The number of fused-ring (bicyclic) bond motifs is 1. The molecule has 0 amide bonds. The monoisotopic (exact) mass is 451 g/mol. The maximum atomic E-state index is 15.1. The minimum atomic E-state index is -0.571. The van der Waals surface area contributed by atoms with Crippen LogP contribution in [0.3, 0.4) is 0 Å². The Labute approximate surface area is 200 Å². The molecule has 0 aliphatic carbocycles. The van der Waals surface area contributed by atoms with E-state index < -0.39 is 11.4 Å². The number of benzene rings is 2. The van der Waals surface area contributed by atoms with Gasteiger partial charge in [0.05, 0.1) is 40.1 Å². The van der Waals surface area contributed by atoms with Crippen molar-refractivity contribution in [1.82, 2.24) is 14.8 Å². The van der Waals surface area contributed by atoms with Gasteiger partial charge in [0.15, 0.2) is 0 Å². The van der Waals surface area contributed by atoms with Crippen molar-refractivity contribution in [3.05, 3.63) is 81.7 Å². The summed E-state index contributed by atoms with van der Waals surface area (Å²) in [5, 5.41) is 4.83. The molecule has 0 spiro atoms. The molecule has 4 rings (SSSR count). The fourth-order valence-corrected chi connectivity index (χ4v) is 4.07. The summed E-state index contributed by atoms with van der Waals surface area (Å²) in [6, 6.07) is 12.3. The van der Waals surface area contributed by atoms with Crippen molar-refractivity contribution < 1.29 is 9.13 Å². The maximum Gasteiger partial charge on any atom is 0.282 e. The molecular weight excluding hydrogens is 427 g/mol. The first-order valence-corrected chi connectivity index (χ1v) is 11.0. The van der Waals surface area contributed by atoms with Crippen LogP contribution in [0.15, 0.2) is 53.5 Å². The lowest BCUT2D eigenvalue weighted by Crippen LogP contribution is -2.24. The predicted molar refractivity (Wildman–Crippen MR) is 135 cm³/mol. The Bertz CT molecular complexity index is 1440. The highest BCUT2D eigenvalue weighted by atomic mass is 19.1. The van der Waals surface area contributed by atoms with Crippen LogP contribution in [0, 0.1) is 5.82 Å². The number of ether oxygens (including phenoxy) is 1. The topological polar surface area (TPSA) is 57.0 Å². The van der Waals surface area contributed by atoms with E-state index in [1.807, 2.05) is 39.0 Å². The summed E-state index contributed by atoms with van der Waals surface area (Å²) in [4.78, 5) is 17.8. The van der Waals surface area contributed by atoms with E-state index in [-0.39, 0.29) is 23.4 Å². The molecule has 0 aliphatic rings. The molecule has 0 atom stereocenters. The average molecular weight is 451 g/mol. The first kappa shape index (κ1) is 23.7. The van der Waals surface area contributed by atoms with Crippen LogP contribution in [0.2, 0.25) is 0 Å². The van der Waals surface area contributed by atoms with Crippen LogP contribution >= 0.6 is 0 Å². The highest BCUT2D eigenvalue weighted by Crippen LogP contribution is 2.32. The van der Waals surface area contributed by atoms with Gasteiger partial charge in [-0.25, -0.2) is 9.37 Å². The molecule has 0 unspecified atom stereocenters. The van der Waals surface area contributed by atoms with Gasteiger partial charge in [-0.3, -0.25) is 4.79 Å². The Morgan fingerprint density at radius 1 is 1.06 bits per heavy atom. The first-order chi connectivity index (χ1) is 16.2. The molecule has 4 aromatic rings. The minimum absolute atomic E-state index is 0.00913. The standard InChI is InChI=1S/C26H24B2FN3O2/c1-26(2,3)16-10-15-14-30-32(25(33)24(15)20(29)11-16)22-7-5-6-17(19(22)12-27)18-8-9-23(34-4)31-21(18)13-28/h5-11,14H,12-13H2,1-4H3. The summed E-state index contributed by atoms with van der Waals surface area (Å²) < 4.78 is 21.5. The van der Waals surface area contributed by atoms with Crippen LogP contribution in [-0.4, -0.2) is 37.6 Å². The second-order valence-electron chi connectivity index (χ2n) is 9.09. The molecule has 168 valence electrons. The molecule has 0 saturated heterocycles. The zero-order valence-corrected chi connectivity index (χ0v) is 19.7. The highest BCUT2D eigenvalue weighted by molar-refractivity contribution is 6.10. The van der Waals surface area contributed by atoms with E-state index in [0.29, 0.717) is 28.2 Å². The summed E-state index contributed by atoms with van der Waals surface area (Å²) in [5.41, 5.74) is 3.31. The number of hydrogen-bond acceptors (Lipinski definition) is 4. The molecule has 5 nitrogen and oxygen atoms in total. The Morgan fingerprint density at radius 2 is 1.82 bits per heavy atom. The molecular formula is C26H24B2FN3O2. The number of nitrogens with zero attached hydrogens (tertiary/aromatic N) is 3. The van der Waals surface area contributed by atoms with Gasteiger partial charge in [0, 0.05) is 22.7 Å². The molecule has 0 aliphatic heterocycles. The fraction of sp³-hybridized carbons (Fsp3) is 0.269. The molecule has 0 fully saturated rings. The van der Waals surface area contributed by atoms with Crippen LogP contribution in [0.25, 0.3) is 27.6 Å². The summed E-state index contributed by atoms with van der Waals surface area (Å²) >= 11 is 0. The van der Waals surface area contributed by atoms with Crippen LogP contribution in [0.5, 0.6) is 5.88 Å². The van der Waals surface area contributed by atoms with Gasteiger partial charge in [-0.15, -0.1) is 0 Å². The predicted octanol–water partition coefficient (Wildman–Crippen LogP) is 4.23. The third-order valence-corrected chi connectivity index (χ3v) is 5.93. The molecule has 34 heavy (non-hydrogen) atoms. The molecule has 0 saturated carbocycles. The SMILES string of the molecule is [B]Cc1nc(OC)ccc1-c1cccc(-n2ncc3cc(C(C)(C)C)cc(F)c3c2=O)c1C[B]. The van der Waals surface area contributed by atoms with Gasteiger partial charge < -0.3 is 4.74 Å². The molecule has 0 N–H and O–H groups in total. The first-order valence-electron chi connectivity index (χ1n) is 11.0. The number of hydrogen-bond donors (Lipinski definition) is 0. The summed E-state index contributed by atoms with van der Waals surface area (Å²) in [7, 11) is 13.6. The van der Waals surface area contributed by atoms with Gasteiger partial charge in [0.2, 0.25) is 5.88 Å². The summed E-state index contributed by atoms with van der Waals surface area (Å²) in [5.74, 6) is -0.119. The summed E-state index contributed by atoms with van der Waals surface area (Å²) in [6.07, 6.45) is 1.83. The fourth-order valence-electron chi connectivity index (χ4n) is 4.07. The number of aromatic nitrogens is 3. The lowest BCUT2D eigenvalue weighted by Gasteiger charge is -2.20. The third-order valence-electron chi connectivity index (χ3n) is 5.93. The molecule has 8 heteroatoms. The number of rotatable bonds is 5. The van der Waals surface area contributed by atoms with Crippen LogP contribution in [0.4, 0.5) is 4.39 Å². The largest absolute Gasteiger partial charge is 0.481 e. The Hall–Kier alpha value is -3.41. The molecule has 2 aromatic carbocycles. The van der Waals surface area contributed by atoms with E-state index in [4.69, 9.17) is 20.4 Å². The zero-order valence-electron chi connectivity index (χ0n) is 19.7. The van der Waals surface area contributed by atoms with Gasteiger partial charge in [0.25, 0.3) is 5.56 Å². The zero-order chi connectivity index (χ0) is 24.6. The Morgan fingerprint density at radius 3 is 2.47 bits per heavy atom. The molecule has 2 heterocycles. The number of pyridine rings is 1. The lowest BCUT2D eigenvalue weighted by molar-refractivity contribution is 0.397. The van der Waals surface area contributed by atoms with Gasteiger partial charge in [-0.1, -0.05) is 39.2 Å². The second kappa shape index (κ2) is 9.09. The number of methoxy groups -OCH3 is 1. The van der Waals surface area contributed by atoms with Gasteiger partial charge in [-0.2, -0.15) is 9.78 Å². The number of halogens is 1. The van der Waals surface area contributed by atoms with Crippen molar-refractivity contribution in [2.45, 2.75) is 38.8 Å². The summed E-state index contributed by atoms with van der Waals surface area (Å²) in [6.45, 7) is 5.97. The normalized spacial score (nSPS) is 11.7.